The maximum absolute atomic E-state index is 12.4. The smallest absolute Gasteiger partial charge is 0.242 e. The van der Waals surface area contributed by atoms with Crippen molar-refractivity contribution in [3.05, 3.63) is 29.8 Å². The number of morpholine rings is 1. The van der Waals surface area contributed by atoms with E-state index < -0.39 is 0 Å². The molecule has 4 heteroatoms. The topological polar surface area (TPSA) is 32.8 Å². The van der Waals surface area contributed by atoms with Gasteiger partial charge in [0.2, 0.25) is 5.91 Å². The van der Waals surface area contributed by atoms with Crippen LogP contribution in [0.15, 0.2) is 24.3 Å². The van der Waals surface area contributed by atoms with E-state index >= 15 is 0 Å². The van der Waals surface area contributed by atoms with Gasteiger partial charge in [-0.05, 0) is 32.0 Å². The first-order valence-corrected chi connectivity index (χ1v) is 8.30. The highest BCUT2D eigenvalue weighted by molar-refractivity contribution is 5.81. The van der Waals surface area contributed by atoms with E-state index in [1.807, 2.05) is 43.0 Å². The molecule has 0 spiro atoms. The zero-order valence-electron chi connectivity index (χ0n) is 14.7. The summed E-state index contributed by atoms with van der Waals surface area (Å²) in [5.74, 6) is 2.78. The number of hydrogen-bond donors (Lipinski definition) is 0. The Hall–Kier alpha value is -1.99. The second-order valence-corrected chi connectivity index (χ2v) is 5.41. The molecule has 0 atom stereocenters. The van der Waals surface area contributed by atoms with Crippen molar-refractivity contribution in [1.82, 2.24) is 4.90 Å². The van der Waals surface area contributed by atoms with Crippen LogP contribution in [0.4, 0.5) is 5.69 Å². The zero-order valence-corrected chi connectivity index (χ0v) is 14.7. The van der Waals surface area contributed by atoms with Gasteiger partial charge in [-0.15, -0.1) is 6.42 Å². The third-order valence-corrected chi connectivity index (χ3v) is 3.64. The van der Waals surface area contributed by atoms with Gasteiger partial charge in [0.25, 0.3) is 0 Å². The Morgan fingerprint density at radius 3 is 2.57 bits per heavy atom. The van der Waals surface area contributed by atoms with Crippen molar-refractivity contribution in [2.75, 3.05) is 37.7 Å². The van der Waals surface area contributed by atoms with Crippen LogP contribution in [0.1, 0.15) is 33.3 Å². The summed E-state index contributed by atoms with van der Waals surface area (Å²) in [6.45, 7) is 11.1. The normalized spacial score (nSPS) is 13.8. The van der Waals surface area contributed by atoms with Crippen LogP contribution >= 0.6 is 0 Å². The molecule has 1 amide bonds. The van der Waals surface area contributed by atoms with Gasteiger partial charge in [-0.1, -0.05) is 25.8 Å². The Morgan fingerprint density at radius 2 is 2.00 bits per heavy atom. The van der Waals surface area contributed by atoms with Crippen LogP contribution in [-0.4, -0.2) is 49.7 Å². The van der Waals surface area contributed by atoms with Crippen LogP contribution in [0.5, 0.6) is 0 Å². The van der Waals surface area contributed by atoms with E-state index in [9.17, 15) is 4.79 Å². The summed E-state index contributed by atoms with van der Waals surface area (Å²) in [4.78, 5) is 16.4. The fraction of sp³-hybridized carbons (Fsp3) is 0.526. The maximum atomic E-state index is 12.4. The molecule has 1 aromatic carbocycles. The molecule has 1 heterocycles. The number of anilines is 1. The number of amides is 1. The van der Waals surface area contributed by atoms with Crippen molar-refractivity contribution in [3.8, 4) is 12.3 Å². The molecule has 0 aromatic heterocycles. The van der Waals surface area contributed by atoms with Crippen LogP contribution in [0.3, 0.4) is 0 Å². The van der Waals surface area contributed by atoms with Crippen LogP contribution in [0.25, 0.3) is 0 Å². The van der Waals surface area contributed by atoms with Crippen LogP contribution < -0.4 is 4.90 Å². The summed E-state index contributed by atoms with van der Waals surface area (Å²) in [6, 6.07) is 7.99. The summed E-state index contributed by atoms with van der Waals surface area (Å²) in [5.41, 5.74) is 1.82. The molecule has 1 fully saturated rings. The minimum atomic E-state index is 0.137. The largest absolute Gasteiger partial charge is 0.378 e. The van der Waals surface area contributed by atoms with Crippen LogP contribution in [-0.2, 0) is 9.53 Å². The molecular weight excluding hydrogens is 288 g/mol. The molecule has 0 unspecified atom stereocenters. The summed E-state index contributed by atoms with van der Waals surface area (Å²) >= 11 is 0. The van der Waals surface area contributed by atoms with E-state index in [0.29, 0.717) is 32.8 Å². The van der Waals surface area contributed by atoms with Crippen molar-refractivity contribution in [2.45, 2.75) is 33.7 Å². The summed E-state index contributed by atoms with van der Waals surface area (Å²) in [6.07, 6.45) is 5.46. The van der Waals surface area contributed by atoms with Gasteiger partial charge in [-0.25, -0.2) is 0 Å². The molecule has 0 aliphatic carbocycles. The van der Waals surface area contributed by atoms with Gasteiger partial charge in [0, 0.05) is 30.4 Å². The highest BCUT2D eigenvalue weighted by atomic mass is 16.5. The minimum absolute atomic E-state index is 0.137. The first-order chi connectivity index (χ1) is 11.1. The van der Waals surface area contributed by atoms with Gasteiger partial charge in [0.15, 0.2) is 0 Å². The number of benzene rings is 1. The van der Waals surface area contributed by atoms with Gasteiger partial charge >= 0.3 is 0 Å². The molecular formula is C19H28N2O2. The molecule has 0 saturated carbocycles. The number of hydrogen-bond acceptors (Lipinski definition) is 3. The predicted octanol–water partition coefficient (Wildman–Crippen LogP) is 2.77. The lowest BCUT2D eigenvalue weighted by Gasteiger charge is -2.33. The molecule has 1 saturated heterocycles. The maximum Gasteiger partial charge on any atom is 0.242 e. The third-order valence-electron chi connectivity index (χ3n) is 3.64. The van der Waals surface area contributed by atoms with E-state index in [1.54, 1.807) is 0 Å². The average Bonchev–Trinajstić information content (AvgIpc) is 2.61. The third kappa shape index (κ3) is 5.61. The molecule has 2 rings (SSSR count). The van der Waals surface area contributed by atoms with Crippen molar-refractivity contribution in [2.24, 2.45) is 0 Å². The lowest BCUT2D eigenvalue weighted by Crippen LogP contribution is -2.47. The van der Waals surface area contributed by atoms with Crippen molar-refractivity contribution >= 4 is 11.6 Å². The SMILES string of the molecule is C#Cc1cccc(N(CC(=O)N2CCOCC2)C(C)C)c1.CC. The number of carbonyl (C=O) groups is 1. The van der Waals surface area contributed by atoms with E-state index in [1.165, 1.54) is 0 Å². The Bertz CT molecular complexity index is 528. The lowest BCUT2D eigenvalue weighted by atomic mass is 10.1. The number of carbonyl (C=O) groups excluding carboxylic acids is 1. The number of terminal acetylenes is 1. The lowest BCUT2D eigenvalue weighted by molar-refractivity contribution is -0.133. The number of nitrogens with zero attached hydrogens (tertiary/aromatic N) is 2. The van der Waals surface area contributed by atoms with Crippen molar-refractivity contribution in [1.29, 1.82) is 0 Å². The Balaban J connectivity index is 0.00000127. The quantitative estimate of drug-likeness (QED) is 0.801. The molecule has 0 bridgehead atoms. The van der Waals surface area contributed by atoms with Gasteiger partial charge in [0.1, 0.15) is 0 Å². The molecule has 126 valence electrons. The highest BCUT2D eigenvalue weighted by Crippen LogP contribution is 2.19. The minimum Gasteiger partial charge on any atom is -0.378 e. The van der Waals surface area contributed by atoms with E-state index in [2.05, 4.69) is 24.7 Å². The highest BCUT2D eigenvalue weighted by Gasteiger charge is 2.21. The summed E-state index contributed by atoms with van der Waals surface area (Å²) in [5, 5.41) is 0. The number of ether oxygens (including phenoxy) is 1. The van der Waals surface area contributed by atoms with Gasteiger partial charge in [-0.2, -0.15) is 0 Å². The van der Waals surface area contributed by atoms with Crippen LogP contribution in [0, 0.1) is 12.3 Å². The van der Waals surface area contributed by atoms with Crippen LogP contribution in [0.2, 0.25) is 0 Å². The van der Waals surface area contributed by atoms with E-state index in [0.717, 1.165) is 11.3 Å². The Morgan fingerprint density at radius 1 is 1.35 bits per heavy atom. The number of rotatable bonds is 4. The Labute approximate surface area is 140 Å². The fourth-order valence-electron chi connectivity index (χ4n) is 2.40. The second kappa shape index (κ2) is 9.91. The van der Waals surface area contributed by atoms with Gasteiger partial charge in [-0.3, -0.25) is 4.79 Å². The van der Waals surface area contributed by atoms with Gasteiger partial charge < -0.3 is 14.5 Å². The summed E-state index contributed by atoms with van der Waals surface area (Å²) in [7, 11) is 0. The first kappa shape index (κ1) is 19.1. The summed E-state index contributed by atoms with van der Waals surface area (Å²) < 4.78 is 5.29. The standard InChI is InChI=1S/C17H22N2O2.C2H6/c1-4-15-6-5-7-16(12-15)19(14(2)3)13-17(20)18-8-10-21-11-9-18;1-2/h1,5-7,12,14H,8-11,13H2,2-3H3;1-2H3. The average molecular weight is 316 g/mol. The molecule has 0 radical (unpaired) electrons. The fourth-order valence-corrected chi connectivity index (χ4v) is 2.40. The molecule has 0 N–H and O–H groups in total. The second-order valence-electron chi connectivity index (χ2n) is 5.41. The zero-order chi connectivity index (χ0) is 17.2. The molecule has 4 nitrogen and oxygen atoms in total. The van der Waals surface area contributed by atoms with E-state index in [4.69, 9.17) is 11.2 Å². The molecule has 1 aliphatic heterocycles. The van der Waals surface area contributed by atoms with Crippen molar-refractivity contribution < 1.29 is 9.53 Å². The van der Waals surface area contributed by atoms with Crippen molar-refractivity contribution in [3.63, 3.8) is 0 Å². The Kier molecular flexibility index (Phi) is 8.21. The molecule has 23 heavy (non-hydrogen) atoms. The molecule has 1 aromatic rings. The first-order valence-electron chi connectivity index (χ1n) is 8.30. The van der Waals surface area contributed by atoms with Gasteiger partial charge in [0.05, 0.1) is 19.8 Å². The predicted molar refractivity (Wildman–Crippen MR) is 95.6 cm³/mol. The monoisotopic (exact) mass is 316 g/mol. The van der Waals surface area contributed by atoms with E-state index in [-0.39, 0.29) is 11.9 Å². The molecule has 1 aliphatic rings.